The van der Waals surface area contributed by atoms with Gasteiger partial charge in [0.05, 0.1) is 18.8 Å². The summed E-state index contributed by atoms with van der Waals surface area (Å²) in [6.07, 6.45) is -12.6. The molecule has 0 amide bonds. The van der Waals surface area contributed by atoms with Crippen molar-refractivity contribution < 1.29 is 54.4 Å². The summed E-state index contributed by atoms with van der Waals surface area (Å²) in [5.74, 6) is -0.611. The molecule has 0 unspecified atom stereocenters. The summed E-state index contributed by atoms with van der Waals surface area (Å²) in [5.41, 5.74) is 0.326. The Morgan fingerprint density at radius 2 is 1.60 bits per heavy atom. The first-order chi connectivity index (χ1) is 14.3. The van der Waals surface area contributed by atoms with Gasteiger partial charge in [-0.25, -0.2) is 4.79 Å². The van der Waals surface area contributed by atoms with Gasteiger partial charge in [0.2, 0.25) is 0 Å². The molecule has 1 aromatic carbocycles. The molecule has 30 heavy (non-hydrogen) atoms. The molecule has 2 aliphatic rings. The van der Waals surface area contributed by atoms with Crippen LogP contribution in [0.5, 0.6) is 0 Å². The van der Waals surface area contributed by atoms with E-state index in [0.29, 0.717) is 5.56 Å². The van der Waals surface area contributed by atoms with Crippen molar-refractivity contribution in [2.45, 2.75) is 55.1 Å². The monoisotopic (exact) mass is 430 g/mol. The van der Waals surface area contributed by atoms with Crippen molar-refractivity contribution in [1.82, 2.24) is 0 Å². The number of benzene rings is 1. The number of hydrogen-bond donors (Lipinski definition) is 6. The maximum Gasteiger partial charge on any atom is 0.338 e. The highest BCUT2D eigenvalue weighted by molar-refractivity contribution is 5.89. The Hall–Kier alpha value is -1.67. The number of hydrogen-bond acceptors (Lipinski definition) is 11. The predicted octanol–water partition coefficient (Wildman–Crippen LogP) is -2.85. The first-order valence-electron chi connectivity index (χ1n) is 9.49. The molecule has 0 aliphatic carbocycles. The molecule has 3 rings (SSSR count). The average molecular weight is 430 g/mol. The van der Waals surface area contributed by atoms with Gasteiger partial charge in [0.25, 0.3) is 0 Å². The van der Waals surface area contributed by atoms with Crippen LogP contribution in [-0.4, -0.2) is 112 Å². The van der Waals surface area contributed by atoms with Crippen LogP contribution in [0.2, 0.25) is 0 Å². The van der Waals surface area contributed by atoms with E-state index >= 15 is 0 Å². The third-order valence-electron chi connectivity index (χ3n) is 5.13. The number of esters is 1. The normalized spacial score (nSPS) is 39.5. The van der Waals surface area contributed by atoms with E-state index in [1.165, 1.54) is 0 Å². The van der Waals surface area contributed by atoms with Crippen molar-refractivity contribution >= 4 is 5.97 Å². The lowest BCUT2D eigenvalue weighted by molar-refractivity contribution is -0.331. The quantitative estimate of drug-likeness (QED) is 0.256. The zero-order chi connectivity index (χ0) is 21.8. The van der Waals surface area contributed by atoms with E-state index in [9.17, 15) is 35.4 Å². The summed E-state index contributed by atoms with van der Waals surface area (Å²) in [4.78, 5) is 12.0. The van der Waals surface area contributed by atoms with Crippen molar-refractivity contribution in [3.8, 4) is 0 Å². The third-order valence-corrected chi connectivity index (χ3v) is 5.13. The molecule has 1 aromatic rings. The Balaban J connectivity index is 1.54. The minimum atomic E-state index is -1.66. The summed E-state index contributed by atoms with van der Waals surface area (Å²) in [5, 5.41) is 59.5. The van der Waals surface area contributed by atoms with Gasteiger partial charge >= 0.3 is 5.97 Å². The van der Waals surface area contributed by atoms with E-state index in [0.717, 1.165) is 0 Å². The third kappa shape index (κ3) is 4.97. The van der Waals surface area contributed by atoms with Crippen molar-refractivity contribution in [3.05, 3.63) is 35.9 Å². The fourth-order valence-corrected chi connectivity index (χ4v) is 3.29. The first kappa shape index (κ1) is 23.0. The summed E-state index contributed by atoms with van der Waals surface area (Å²) < 4.78 is 21.2. The fourth-order valence-electron chi connectivity index (χ4n) is 3.29. The van der Waals surface area contributed by atoms with E-state index in [2.05, 4.69) is 0 Å². The van der Waals surface area contributed by atoms with Gasteiger partial charge in [-0.3, -0.25) is 0 Å². The molecule has 2 aliphatic heterocycles. The Labute approximate surface area is 172 Å². The van der Waals surface area contributed by atoms with Crippen molar-refractivity contribution in [2.75, 3.05) is 19.8 Å². The Morgan fingerprint density at radius 1 is 0.933 bits per heavy atom. The largest absolute Gasteiger partial charge is 0.459 e. The molecule has 2 heterocycles. The fraction of sp³-hybridized carbons (Fsp3) is 0.632. The standard InChI is InChI=1S/C19H26O11/c20-6-10-13(21)16(24)17(25)19(29-10)30-12-8-27-11(14(22)15(12)23)7-28-18(26)9-4-2-1-3-5-9/h1-5,10-17,19-25H,6-8H2/t10-,11-,12+,13-,14+,15-,16+,17-,19-/m1/s1. The van der Waals surface area contributed by atoms with E-state index < -0.39 is 67.7 Å². The van der Waals surface area contributed by atoms with Crippen LogP contribution in [-0.2, 0) is 18.9 Å². The highest BCUT2D eigenvalue weighted by Crippen LogP contribution is 2.26. The molecule has 9 atom stereocenters. The molecular weight excluding hydrogens is 404 g/mol. The summed E-state index contributed by atoms with van der Waals surface area (Å²) in [7, 11) is 0. The van der Waals surface area contributed by atoms with Gasteiger partial charge in [-0.1, -0.05) is 18.2 Å². The van der Waals surface area contributed by atoms with Crippen LogP contribution in [0.15, 0.2) is 30.3 Å². The van der Waals surface area contributed by atoms with Crippen LogP contribution in [0.3, 0.4) is 0 Å². The van der Waals surface area contributed by atoms with E-state index in [1.807, 2.05) is 0 Å². The summed E-state index contributed by atoms with van der Waals surface area (Å²) in [6.45, 7) is -1.18. The second-order valence-corrected chi connectivity index (χ2v) is 7.19. The van der Waals surface area contributed by atoms with Crippen molar-refractivity contribution in [3.63, 3.8) is 0 Å². The van der Waals surface area contributed by atoms with Crippen LogP contribution in [0.25, 0.3) is 0 Å². The van der Waals surface area contributed by atoms with Gasteiger partial charge in [-0.2, -0.15) is 0 Å². The Morgan fingerprint density at radius 3 is 2.27 bits per heavy atom. The lowest BCUT2D eigenvalue weighted by atomic mass is 9.98. The minimum Gasteiger partial charge on any atom is -0.459 e. The lowest BCUT2D eigenvalue weighted by Gasteiger charge is -2.43. The zero-order valence-corrected chi connectivity index (χ0v) is 15.9. The van der Waals surface area contributed by atoms with E-state index in [4.69, 9.17) is 18.9 Å². The first-order valence-corrected chi connectivity index (χ1v) is 9.49. The number of carbonyl (C=O) groups is 1. The van der Waals surface area contributed by atoms with E-state index in [1.54, 1.807) is 30.3 Å². The predicted molar refractivity (Wildman–Crippen MR) is 97.1 cm³/mol. The second-order valence-electron chi connectivity index (χ2n) is 7.19. The molecule has 11 nitrogen and oxygen atoms in total. The number of aliphatic hydroxyl groups is 6. The average Bonchev–Trinajstić information content (AvgIpc) is 2.76. The molecule has 0 spiro atoms. The summed E-state index contributed by atoms with van der Waals surface area (Å²) >= 11 is 0. The number of ether oxygens (including phenoxy) is 4. The van der Waals surface area contributed by atoms with Crippen LogP contribution in [0, 0.1) is 0 Å². The van der Waals surface area contributed by atoms with Gasteiger partial charge in [0.15, 0.2) is 6.29 Å². The zero-order valence-electron chi connectivity index (χ0n) is 15.9. The Bertz CT molecular complexity index is 684. The number of aliphatic hydroxyl groups excluding tert-OH is 6. The molecule has 11 heteroatoms. The van der Waals surface area contributed by atoms with Gasteiger partial charge in [-0.05, 0) is 12.1 Å². The molecule has 0 radical (unpaired) electrons. The number of rotatable bonds is 6. The molecule has 0 saturated carbocycles. The van der Waals surface area contributed by atoms with Crippen LogP contribution < -0.4 is 0 Å². The molecule has 168 valence electrons. The maximum absolute atomic E-state index is 12.0. The van der Waals surface area contributed by atoms with Gasteiger partial charge < -0.3 is 49.6 Å². The van der Waals surface area contributed by atoms with Gasteiger partial charge in [-0.15, -0.1) is 0 Å². The lowest BCUT2D eigenvalue weighted by Crippen LogP contribution is -2.62. The summed E-state index contributed by atoms with van der Waals surface area (Å²) in [6, 6.07) is 8.23. The van der Waals surface area contributed by atoms with E-state index in [-0.39, 0.29) is 13.2 Å². The van der Waals surface area contributed by atoms with Crippen LogP contribution in [0.4, 0.5) is 0 Å². The molecule has 6 N–H and O–H groups in total. The second kappa shape index (κ2) is 10.1. The van der Waals surface area contributed by atoms with Crippen LogP contribution >= 0.6 is 0 Å². The highest BCUT2D eigenvalue weighted by Gasteiger charge is 2.47. The topological polar surface area (TPSA) is 175 Å². The van der Waals surface area contributed by atoms with Gasteiger partial charge in [0.1, 0.15) is 55.4 Å². The highest BCUT2D eigenvalue weighted by atomic mass is 16.7. The molecule has 2 saturated heterocycles. The minimum absolute atomic E-state index is 0.235. The Kier molecular flexibility index (Phi) is 7.74. The van der Waals surface area contributed by atoms with Gasteiger partial charge in [0, 0.05) is 0 Å². The molecule has 0 bridgehead atoms. The SMILES string of the molecule is O=C(OC[C@H]1OC[C@H](O[C@H]2O[C@H](CO)[C@@H](O)[C@H](O)[C@H]2O)[C@@H](O)[C@H]1O)c1ccccc1. The maximum atomic E-state index is 12.0. The smallest absolute Gasteiger partial charge is 0.338 e. The van der Waals surface area contributed by atoms with Crippen LogP contribution in [0.1, 0.15) is 10.4 Å². The number of carbonyl (C=O) groups excluding carboxylic acids is 1. The van der Waals surface area contributed by atoms with Crippen molar-refractivity contribution in [2.24, 2.45) is 0 Å². The molecule has 0 aromatic heterocycles. The van der Waals surface area contributed by atoms with Crippen molar-refractivity contribution in [1.29, 1.82) is 0 Å². The molecular formula is C19H26O11. The molecule has 2 fully saturated rings.